The Bertz CT molecular complexity index is 2710. The van der Waals surface area contributed by atoms with Gasteiger partial charge in [0.05, 0.1) is 33.7 Å². The van der Waals surface area contributed by atoms with Gasteiger partial charge in [0.25, 0.3) is 0 Å². The lowest BCUT2D eigenvalue weighted by Crippen LogP contribution is -2.10. The number of nitriles is 1. The Morgan fingerprint density at radius 2 is 0.843 bits per heavy atom. The molecule has 0 bridgehead atoms. The molecule has 0 amide bonds. The van der Waals surface area contributed by atoms with Crippen molar-refractivity contribution in [2.45, 2.75) is 0 Å². The van der Waals surface area contributed by atoms with Crippen molar-refractivity contribution in [3.05, 3.63) is 174 Å². The molecule has 0 saturated carbocycles. The summed E-state index contributed by atoms with van der Waals surface area (Å²) in [5, 5.41) is 13.2. The number of para-hydroxylation sites is 2. The summed E-state index contributed by atoms with van der Waals surface area (Å²) >= 11 is 0. The molecule has 0 fully saturated rings. The molecule has 0 atom stereocenters. The molecular formula is C43H24F4N4. The molecule has 4 nitrogen and oxygen atoms in total. The predicted octanol–water partition coefficient (Wildman–Crippen LogP) is 11.8. The van der Waals surface area contributed by atoms with Gasteiger partial charge in [-0.25, -0.2) is 17.6 Å². The smallest absolute Gasteiger partial charge is 0.160 e. The van der Waals surface area contributed by atoms with Crippen LogP contribution in [0.5, 0.6) is 0 Å². The molecule has 0 unspecified atom stereocenters. The van der Waals surface area contributed by atoms with E-state index in [4.69, 9.17) is 0 Å². The summed E-state index contributed by atoms with van der Waals surface area (Å²) in [5.74, 6) is -3.68. The van der Waals surface area contributed by atoms with Crippen molar-refractivity contribution in [1.29, 1.82) is 5.26 Å². The maximum atomic E-state index is 14.5. The van der Waals surface area contributed by atoms with Gasteiger partial charge in [-0.05, 0) is 97.1 Å². The summed E-state index contributed by atoms with van der Waals surface area (Å²) in [6.07, 6.45) is 0. The normalized spacial score (nSPS) is 11.5. The molecule has 0 radical (unpaired) electrons. The maximum absolute atomic E-state index is 14.5. The minimum Gasteiger partial charge on any atom is -0.310 e. The number of nitrogens with zero attached hydrogens (tertiary/aromatic N) is 4. The molecule has 0 aliphatic carbocycles. The highest BCUT2D eigenvalue weighted by atomic mass is 19.2. The van der Waals surface area contributed by atoms with Gasteiger partial charge in [0.15, 0.2) is 23.3 Å². The van der Waals surface area contributed by atoms with Crippen LogP contribution in [0, 0.1) is 34.6 Å². The van der Waals surface area contributed by atoms with Crippen LogP contribution in [0.25, 0.3) is 55.0 Å². The number of hydrogen-bond donors (Lipinski definition) is 0. The van der Waals surface area contributed by atoms with Crippen LogP contribution in [0.2, 0.25) is 0 Å². The Morgan fingerprint density at radius 1 is 0.412 bits per heavy atom. The second kappa shape index (κ2) is 11.6. The Labute approximate surface area is 288 Å². The average molecular weight is 673 g/mol. The third kappa shape index (κ3) is 4.82. The number of halogens is 4. The van der Waals surface area contributed by atoms with Crippen LogP contribution in [0.3, 0.4) is 0 Å². The highest BCUT2D eigenvalue weighted by molar-refractivity contribution is 6.12. The molecule has 0 aliphatic heterocycles. The van der Waals surface area contributed by atoms with Crippen LogP contribution in [-0.4, -0.2) is 9.13 Å². The first-order chi connectivity index (χ1) is 24.9. The molecule has 8 heteroatoms. The molecule has 51 heavy (non-hydrogen) atoms. The maximum Gasteiger partial charge on any atom is 0.160 e. The monoisotopic (exact) mass is 672 g/mol. The molecule has 0 spiro atoms. The lowest BCUT2D eigenvalue weighted by atomic mass is 10.1. The minimum atomic E-state index is -0.927. The zero-order valence-electron chi connectivity index (χ0n) is 26.7. The van der Waals surface area contributed by atoms with Crippen molar-refractivity contribution in [3.63, 3.8) is 0 Å². The van der Waals surface area contributed by atoms with Gasteiger partial charge in [-0.2, -0.15) is 5.26 Å². The highest BCUT2D eigenvalue weighted by Crippen LogP contribution is 2.42. The summed E-state index contributed by atoms with van der Waals surface area (Å²) in [6.45, 7) is 0. The third-order valence-electron chi connectivity index (χ3n) is 9.41. The fraction of sp³-hybridized carbons (Fsp3) is 0. The van der Waals surface area contributed by atoms with E-state index in [-0.39, 0.29) is 0 Å². The second-order valence-electron chi connectivity index (χ2n) is 12.3. The quantitative estimate of drug-likeness (QED) is 0.171. The lowest BCUT2D eigenvalue weighted by molar-refractivity contribution is 0.508. The molecule has 9 rings (SSSR count). The first-order valence-electron chi connectivity index (χ1n) is 16.2. The molecule has 0 N–H and O–H groups in total. The predicted molar refractivity (Wildman–Crippen MR) is 194 cm³/mol. The van der Waals surface area contributed by atoms with Crippen molar-refractivity contribution in [3.8, 4) is 17.4 Å². The Balaban J connectivity index is 1.28. The topological polar surface area (TPSA) is 36.9 Å². The Hall–Kier alpha value is -6.85. The van der Waals surface area contributed by atoms with Gasteiger partial charge in [0, 0.05) is 62.1 Å². The van der Waals surface area contributed by atoms with Crippen LogP contribution >= 0.6 is 0 Å². The van der Waals surface area contributed by atoms with Crippen LogP contribution in [0.1, 0.15) is 5.56 Å². The molecule has 244 valence electrons. The molecule has 2 heterocycles. The van der Waals surface area contributed by atoms with E-state index in [1.54, 1.807) is 24.3 Å². The summed E-state index contributed by atoms with van der Waals surface area (Å²) in [4.78, 5) is 2.09. The summed E-state index contributed by atoms with van der Waals surface area (Å²) < 4.78 is 60.7. The standard InChI is InChI=1S/C43H24F4N4/c44-36-17-13-30(23-38(36)46)50-40-7-3-1-5-32(40)34-21-28(15-19-42(34)50)49(27-11-9-26(25-48)10-12-27)29-16-20-43-35(22-29)33-6-2-4-8-41(33)51(43)31-14-18-37(45)39(47)24-31/h1-24H. The van der Waals surface area contributed by atoms with E-state index < -0.39 is 23.3 Å². The van der Waals surface area contributed by atoms with Gasteiger partial charge in [-0.15, -0.1) is 0 Å². The van der Waals surface area contributed by atoms with Crippen LogP contribution in [0.4, 0.5) is 34.6 Å². The number of rotatable bonds is 5. The molecule has 0 saturated heterocycles. The van der Waals surface area contributed by atoms with E-state index in [0.29, 0.717) is 16.9 Å². The Morgan fingerprint density at radius 3 is 1.29 bits per heavy atom. The molecule has 2 aromatic heterocycles. The van der Waals surface area contributed by atoms with E-state index in [2.05, 4.69) is 23.1 Å². The first-order valence-corrected chi connectivity index (χ1v) is 16.2. The fourth-order valence-electron chi connectivity index (χ4n) is 7.14. The largest absolute Gasteiger partial charge is 0.310 e. The third-order valence-corrected chi connectivity index (χ3v) is 9.41. The average Bonchev–Trinajstić information content (AvgIpc) is 3.67. The number of hydrogen-bond acceptors (Lipinski definition) is 2. The van der Waals surface area contributed by atoms with Gasteiger partial charge < -0.3 is 14.0 Å². The number of fused-ring (bicyclic) bond motifs is 6. The first kappa shape index (κ1) is 30.2. The van der Waals surface area contributed by atoms with Crippen molar-refractivity contribution in [1.82, 2.24) is 9.13 Å². The molecule has 7 aromatic carbocycles. The zero-order valence-corrected chi connectivity index (χ0v) is 26.7. The van der Waals surface area contributed by atoms with Gasteiger partial charge in [0.2, 0.25) is 0 Å². The van der Waals surface area contributed by atoms with Gasteiger partial charge >= 0.3 is 0 Å². The Kier molecular flexibility index (Phi) is 6.90. The van der Waals surface area contributed by atoms with Crippen LogP contribution in [0.15, 0.2) is 146 Å². The molecule has 9 aromatic rings. The SMILES string of the molecule is N#Cc1ccc(N(c2ccc3c(c2)c2ccccc2n3-c2ccc(F)c(F)c2)c2ccc3c(c2)c2ccccc2n3-c2ccc(F)c(F)c2)cc1. The van der Waals surface area contributed by atoms with Crippen molar-refractivity contribution >= 4 is 60.7 Å². The van der Waals surface area contributed by atoms with Gasteiger partial charge in [-0.1, -0.05) is 36.4 Å². The fourth-order valence-corrected chi connectivity index (χ4v) is 7.14. The summed E-state index contributed by atoms with van der Waals surface area (Å²) in [5.41, 5.74) is 7.29. The molecular weight excluding hydrogens is 648 g/mol. The number of benzene rings is 7. The highest BCUT2D eigenvalue weighted by Gasteiger charge is 2.20. The van der Waals surface area contributed by atoms with Crippen molar-refractivity contribution in [2.75, 3.05) is 4.90 Å². The molecule has 0 aliphatic rings. The van der Waals surface area contributed by atoms with Gasteiger partial charge in [0.1, 0.15) is 0 Å². The number of anilines is 3. The van der Waals surface area contributed by atoms with E-state index >= 15 is 0 Å². The van der Waals surface area contributed by atoms with E-state index in [9.17, 15) is 22.8 Å². The lowest BCUT2D eigenvalue weighted by Gasteiger charge is -2.26. The van der Waals surface area contributed by atoms with Crippen LogP contribution < -0.4 is 4.90 Å². The number of aromatic nitrogens is 2. The zero-order chi connectivity index (χ0) is 34.8. The van der Waals surface area contributed by atoms with Crippen molar-refractivity contribution in [2.24, 2.45) is 0 Å². The summed E-state index contributed by atoms with van der Waals surface area (Å²) in [7, 11) is 0. The van der Waals surface area contributed by atoms with Crippen LogP contribution in [-0.2, 0) is 0 Å². The van der Waals surface area contributed by atoms with Crippen molar-refractivity contribution < 1.29 is 17.6 Å². The van der Waals surface area contributed by atoms with E-state index in [0.717, 1.165) is 72.8 Å². The summed E-state index contributed by atoms with van der Waals surface area (Å²) in [6, 6.07) is 44.9. The minimum absolute atomic E-state index is 0.500. The van der Waals surface area contributed by atoms with Gasteiger partial charge in [-0.3, -0.25) is 0 Å². The second-order valence-corrected chi connectivity index (χ2v) is 12.3. The van der Waals surface area contributed by atoms with E-state index in [1.165, 1.54) is 12.1 Å². The van der Waals surface area contributed by atoms with E-state index in [1.807, 2.05) is 94.1 Å².